The van der Waals surface area contributed by atoms with Gasteiger partial charge >= 0.3 is 6.09 Å². The maximum Gasteiger partial charge on any atom is 0.410 e. The van der Waals surface area contributed by atoms with Crippen LogP contribution in [0.3, 0.4) is 0 Å². The Kier molecular flexibility index (Phi) is 8.23. The molecule has 0 bridgehead atoms. The molecule has 1 aliphatic heterocycles. The average Bonchev–Trinajstić information content (AvgIpc) is 3.97. The van der Waals surface area contributed by atoms with Crippen molar-refractivity contribution in [2.24, 2.45) is 0 Å². The number of anilines is 1. The number of amides is 2. The molecule has 7 rings (SSSR count). The van der Waals surface area contributed by atoms with Crippen LogP contribution in [0.4, 0.5) is 10.5 Å². The van der Waals surface area contributed by atoms with Gasteiger partial charge in [0, 0.05) is 42.4 Å². The van der Waals surface area contributed by atoms with Crippen LogP contribution in [-0.4, -0.2) is 61.6 Å². The normalized spacial score (nSPS) is 16.4. The summed E-state index contributed by atoms with van der Waals surface area (Å²) in [6, 6.07) is 9.60. The molecule has 0 atom stereocenters. The Hall–Kier alpha value is -4.35. The lowest BCUT2D eigenvalue weighted by atomic mass is 10.0. The van der Waals surface area contributed by atoms with E-state index in [1.54, 1.807) is 35.3 Å². The third-order valence-corrected chi connectivity index (χ3v) is 9.15. The van der Waals surface area contributed by atoms with Crippen LogP contribution >= 0.6 is 11.6 Å². The van der Waals surface area contributed by atoms with Gasteiger partial charge in [-0.3, -0.25) is 4.79 Å². The summed E-state index contributed by atoms with van der Waals surface area (Å²) in [5.74, 6) is 1.34. The number of hydrogen-bond acceptors (Lipinski definition) is 9. The lowest BCUT2D eigenvalue weighted by Gasteiger charge is -2.28. The number of carbonyl (C=O) groups is 2. The van der Waals surface area contributed by atoms with Gasteiger partial charge in [-0.1, -0.05) is 23.7 Å². The maximum absolute atomic E-state index is 14.2. The molecule has 48 heavy (non-hydrogen) atoms. The van der Waals surface area contributed by atoms with Crippen LogP contribution in [0.5, 0.6) is 5.88 Å². The van der Waals surface area contributed by atoms with Crippen molar-refractivity contribution in [3.8, 4) is 5.88 Å². The zero-order valence-corrected chi connectivity index (χ0v) is 28.6. The summed E-state index contributed by atoms with van der Waals surface area (Å²) in [7, 11) is 1.71. The van der Waals surface area contributed by atoms with Gasteiger partial charge in [-0.25, -0.2) is 24.7 Å². The second-order valence-corrected chi connectivity index (χ2v) is 14.4. The van der Waals surface area contributed by atoms with Gasteiger partial charge < -0.3 is 24.0 Å². The van der Waals surface area contributed by atoms with Crippen LogP contribution in [0.1, 0.15) is 90.9 Å². The first-order valence-electron chi connectivity index (χ1n) is 16.3. The van der Waals surface area contributed by atoms with Gasteiger partial charge in [0.1, 0.15) is 22.2 Å². The van der Waals surface area contributed by atoms with E-state index in [2.05, 4.69) is 15.0 Å². The van der Waals surface area contributed by atoms with Crippen molar-refractivity contribution in [1.82, 2.24) is 24.8 Å². The van der Waals surface area contributed by atoms with E-state index >= 15 is 0 Å². The van der Waals surface area contributed by atoms with Crippen molar-refractivity contribution < 1.29 is 23.8 Å². The molecule has 2 amide bonds. The maximum atomic E-state index is 14.2. The van der Waals surface area contributed by atoms with Crippen molar-refractivity contribution in [3.63, 3.8) is 0 Å². The van der Waals surface area contributed by atoms with E-state index in [0.29, 0.717) is 53.7 Å². The first kappa shape index (κ1) is 32.2. The van der Waals surface area contributed by atoms with E-state index in [1.165, 1.54) is 0 Å². The Bertz CT molecular complexity index is 1900. The monoisotopic (exact) mass is 670 g/mol. The summed E-state index contributed by atoms with van der Waals surface area (Å²) in [4.78, 5) is 48.4. The fourth-order valence-electron chi connectivity index (χ4n) is 6.02. The third-order valence-electron chi connectivity index (χ3n) is 8.84. The molecule has 2 saturated carbocycles. The molecule has 3 aliphatic rings. The number of benzene rings is 1. The van der Waals surface area contributed by atoms with Crippen LogP contribution in [0.15, 0.2) is 42.7 Å². The fraction of sp³-hybridized carbons (Fsp3) is 0.444. The Labute approximate surface area is 284 Å². The lowest BCUT2D eigenvalue weighted by Crippen LogP contribution is -2.41. The van der Waals surface area contributed by atoms with E-state index in [9.17, 15) is 9.59 Å². The number of likely N-dealkylation sites (N-methyl/N-ethyl adjacent to an activating group) is 1. The number of pyridine rings is 2. The molecule has 0 saturated heterocycles. The molecule has 12 heteroatoms. The van der Waals surface area contributed by atoms with Gasteiger partial charge in [-0.15, -0.1) is 0 Å². The van der Waals surface area contributed by atoms with Gasteiger partial charge in [-0.2, -0.15) is 0 Å². The van der Waals surface area contributed by atoms with Crippen LogP contribution in [0.2, 0.25) is 5.15 Å². The summed E-state index contributed by atoms with van der Waals surface area (Å²) in [5, 5.41) is 1.43. The van der Waals surface area contributed by atoms with Crippen molar-refractivity contribution >= 4 is 40.2 Å². The summed E-state index contributed by atoms with van der Waals surface area (Å²) in [6.45, 7) is 8.95. The second-order valence-electron chi connectivity index (χ2n) is 14.1. The summed E-state index contributed by atoms with van der Waals surface area (Å²) >= 11 is 6.51. The summed E-state index contributed by atoms with van der Waals surface area (Å²) < 4.78 is 17.5. The molecule has 250 valence electrons. The number of aryl methyl sites for hydroxylation is 1. The number of aromatic nitrogens is 4. The van der Waals surface area contributed by atoms with Crippen molar-refractivity contribution in [3.05, 3.63) is 81.7 Å². The van der Waals surface area contributed by atoms with Crippen LogP contribution < -0.4 is 9.64 Å². The van der Waals surface area contributed by atoms with E-state index in [1.807, 2.05) is 52.0 Å². The number of hydrogen-bond donors (Lipinski definition) is 0. The summed E-state index contributed by atoms with van der Waals surface area (Å²) in [6.07, 6.45) is 6.56. The van der Waals surface area contributed by atoms with Crippen LogP contribution in [-0.2, 0) is 29.2 Å². The molecule has 0 radical (unpaired) electrons. The minimum absolute atomic E-state index is 0.248. The zero-order valence-electron chi connectivity index (χ0n) is 27.9. The number of halogens is 1. The third kappa shape index (κ3) is 6.79. The Morgan fingerprint density at radius 2 is 1.77 bits per heavy atom. The number of nitrogens with zero attached hydrogens (tertiary/aromatic N) is 6. The van der Waals surface area contributed by atoms with E-state index in [4.69, 9.17) is 30.8 Å². The Morgan fingerprint density at radius 3 is 2.44 bits per heavy atom. The number of fused-ring (bicyclic) bond motifs is 3. The quantitative estimate of drug-likeness (QED) is 0.175. The highest BCUT2D eigenvalue weighted by molar-refractivity contribution is 6.30. The minimum Gasteiger partial charge on any atom is -0.469 e. The van der Waals surface area contributed by atoms with Gasteiger partial charge in [0.2, 0.25) is 5.88 Å². The van der Waals surface area contributed by atoms with E-state index in [0.717, 1.165) is 59.1 Å². The predicted molar refractivity (Wildman–Crippen MR) is 180 cm³/mol. The highest BCUT2D eigenvalue weighted by Crippen LogP contribution is 2.41. The van der Waals surface area contributed by atoms with Gasteiger partial charge in [0.25, 0.3) is 5.91 Å². The number of carbonyl (C=O) groups excluding carboxylic acids is 2. The van der Waals surface area contributed by atoms with E-state index < -0.39 is 17.3 Å². The fourth-order valence-corrected chi connectivity index (χ4v) is 6.28. The molecule has 1 aromatic carbocycles. The van der Waals surface area contributed by atoms with Crippen molar-refractivity contribution in [2.75, 3.05) is 18.5 Å². The number of rotatable bonds is 9. The Morgan fingerprint density at radius 1 is 1.04 bits per heavy atom. The molecule has 4 aromatic rings. The van der Waals surface area contributed by atoms with Gasteiger partial charge in [0.15, 0.2) is 0 Å². The smallest absolute Gasteiger partial charge is 0.410 e. The molecule has 0 unspecified atom stereocenters. The highest BCUT2D eigenvalue weighted by atomic mass is 35.5. The molecule has 11 nitrogen and oxygen atoms in total. The molecule has 0 spiro atoms. The SMILES string of the molecule is Cc1nc(OC2(CN(C)C(=O)OC(C)(C)C)CC2)ccc1N(Cc1ccc2c3c(c(Cl)nc2c1)COC3)C(=O)c1cnc(C2CC2)nc1. The first-order valence-corrected chi connectivity index (χ1v) is 16.7. The molecule has 2 fully saturated rings. The van der Waals surface area contributed by atoms with Gasteiger partial charge in [0.05, 0.1) is 48.8 Å². The average molecular weight is 671 g/mol. The van der Waals surface area contributed by atoms with E-state index in [-0.39, 0.29) is 12.5 Å². The predicted octanol–water partition coefficient (Wildman–Crippen LogP) is 6.91. The summed E-state index contributed by atoms with van der Waals surface area (Å²) in [5.41, 5.74) is 4.11. The van der Waals surface area contributed by atoms with Crippen LogP contribution in [0, 0.1) is 6.92 Å². The molecule has 4 heterocycles. The molecular formula is C36H39ClN6O5. The molecular weight excluding hydrogens is 632 g/mol. The molecule has 3 aromatic heterocycles. The minimum atomic E-state index is -0.586. The topological polar surface area (TPSA) is 120 Å². The standard InChI is InChI=1S/C36H39ClN6O5/c1-21-29(10-11-30(40-21)47-36(12-13-36)20-42(5)34(45)48-35(2,3)4)43(33(44)24-15-38-32(39-16-24)23-7-8-23)17-22-6-9-25-26-18-46-19-27(26)31(37)41-28(25)14-22/h6,9-11,14-16,23H,7-8,12-13,17-20H2,1-5H3. The Balaban J connectivity index is 1.16. The highest BCUT2D eigenvalue weighted by Gasteiger charge is 2.48. The lowest BCUT2D eigenvalue weighted by molar-refractivity contribution is 0.0199. The molecule has 0 N–H and O–H groups in total. The zero-order chi connectivity index (χ0) is 33.8. The second kappa shape index (κ2) is 12.3. The molecule has 2 aliphatic carbocycles. The van der Waals surface area contributed by atoms with Crippen LogP contribution in [0.25, 0.3) is 10.9 Å². The van der Waals surface area contributed by atoms with Crippen molar-refractivity contribution in [1.29, 1.82) is 0 Å². The largest absolute Gasteiger partial charge is 0.469 e. The number of ether oxygens (including phenoxy) is 3. The first-order chi connectivity index (χ1) is 22.9. The van der Waals surface area contributed by atoms with Gasteiger partial charge in [-0.05, 0) is 76.6 Å². The van der Waals surface area contributed by atoms with Crippen molar-refractivity contribution in [2.45, 2.75) is 90.3 Å².